The van der Waals surface area contributed by atoms with Crippen molar-refractivity contribution in [2.75, 3.05) is 0 Å². The lowest BCUT2D eigenvalue weighted by atomic mass is 9.92. The fourth-order valence-electron chi connectivity index (χ4n) is 14.4. The van der Waals surface area contributed by atoms with E-state index in [1.165, 1.54) is 77.9 Å². The van der Waals surface area contributed by atoms with Crippen molar-refractivity contribution in [1.82, 2.24) is 29.9 Å². The molecule has 6 aromatic carbocycles. The number of nitrogens with zero attached hydrogens (tertiary/aromatic N) is 4. The summed E-state index contributed by atoms with van der Waals surface area (Å²) >= 11 is 0. The molecule has 11 aromatic rings. The second-order valence-corrected chi connectivity index (χ2v) is 24.5. The van der Waals surface area contributed by atoms with Gasteiger partial charge in [-0.3, -0.25) is 0 Å². The molecule has 0 atom stereocenters. The number of nitrogens with one attached hydrogen (secondary N) is 2. The van der Waals surface area contributed by atoms with Crippen molar-refractivity contribution >= 4 is 73.7 Å². The average molecular weight is 1130 g/mol. The minimum Gasteiger partial charge on any atom is -0.354 e. The molecule has 1 aliphatic carbocycles. The summed E-state index contributed by atoms with van der Waals surface area (Å²) in [5.41, 5.74) is 38.2. The van der Waals surface area contributed by atoms with Crippen molar-refractivity contribution in [1.29, 1.82) is 0 Å². The Morgan fingerprint density at radius 1 is 0.356 bits per heavy atom. The van der Waals surface area contributed by atoms with Crippen LogP contribution in [0.4, 0.5) is 0 Å². The van der Waals surface area contributed by atoms with Gasteiger partial charge in [0.25, 0.3) is 0 Å². The van der Waals surface area contributed by atoms with E-state index in [0.717, 1.165) is 140 Å². The Hall–Kier alpha value is -10.2. The van der Waals surface area contributed by atoms with Gasteiger partial charge in [0.2, 0.25) is 0 Å². The number of pyridine rings is 2. The Morgan fingerprint density at radius 3 is 1.21 bits per heavy atom. The van der Waals surface area contributed by atoms with Crippen LogP contribution in [0.1, 0.15) is 113 Å². The molecule has 6 heteroatoms. The molecule has 0 unspecified atom stereocenters. The number of hydrogen-bond acceptors (Lipinski definition) is 4. The highest BCUT2D eigenvalue weighted by Crippen LogP contribution is 2.43. The second-order valence-electron chi connectivity index (χ2n) is 24.5. The Morgan fingerprint density at radius 2 is 0.759 bits per heavy atom. The van der Waals surface area contributed by atoms with Gasteiger partial charge in [-0.2, -0.15) is 0 Å². The smallest absolute Gasteiger partial charge is 0.0973 e. The Bertz CT molecular complexity index is 5040. The zero-order valence-corrected chi connectivity index (χ0v) is 51.7. The maximum absolute atomic E-state index is 5.71. The molecule has 0 saturated carbocycles. The molecule has 0 fully saturated rings. The number of H-pyrrole nitrogens is 2. The van der Waals surface area contributed by atoms with E-state index in [2.05, 4.69) is 275 Å². The quantitative estimate of drug-likeness (QED) is 0.128. The van der Waals surface area contributed by atoms with Gasteiger partial charge < -0.3 is 9.97 Å². The molecule has 0 amide bonds. The van der Waals surface area contributed by atoms with Crippen LogP contribution in [0.5, 0.6) is 0 Å². The standard InChI is InChI=1S/C81H68N6/c1-44-35-48(5)71(49(6)36-44)76-65-29-27-63(82-65)75(64-28-30-66(83-64)77(72-50(7)37-45(2)38-51(72)8)68-32-34-70(85-68)78(69-33-31-67(76)84-69)73-52(9)39-46(3)40-53(73)10)58-20-17-56(18-21-58)19-22-60-43-61-24-23-59-25-26-62(57-15-13-14-16-57)86-80(59)81(61)87-79(60)74-54(11)41-47(4)42-55(74)12/h13-15,17-18,20-21,23-43,82,85H,16H2,1-12H3. The zero-order valence-electron chi connectivity index (χ0n) is 51.7. The summed E-state index contributed by atoms with van der Waals surface area (Å²) in [5, 5.41) is 2.06. The first-order chi connectivity index (χ1) is 42.0. The van der Waals surface area contributed by atoms with Crippen molar-refractivity contribution < 1.29 is 0 Å². The lowest BCUT2D eigenvalue weighted by Crippen LogP contribution is -1.98. The predicted molar refractivity (Wildman–Crippen MR) is 368 cm³/mol. The van der Waals surface area contributed by atoms with E-state index in [9.17, 15) is 0 Å². The number of aromatic amines is 2. The largest absolute Gasteiger partial charge is 0.354 e. The number of rotatable bonds is 6. The highest BCUT2D eigenvalue weighted by molar-refractivity contribution is 6.06. The first-order valence-corrected chi connectivity index (χ1v) is 30.2. The molecule has 8 bridgehead atoms. The number of aromatic nitrogens is 6. The highest BCUT2D eigenvalue weighted by Gasteiger charge is 2.24. The van der Waals surface area contributed by atoms with Crippen molar-refractivity contribution in [3.05, 3.63) is 252 Å². The molecule has 0 spiro atoms. The van der Waals surface area contributed by atoms with Gasteiger partial charge in [-0.05, 0) is 235 Å². The summed E-state index contributed by atoms with van der Waals surface area (Å²) in [6.45, 7) is 26.4. The van der Waals surface area contributed by atoms with Gasteiger partial charge in [0.1, 0.15) is 0 Å². The molecule has 3 aliphatic rings. The van der Waals surface area contributed by atoms with Crippen LogP contribution in [-0.4, -0.2) is 29.9 Å². The van der Waals surface area contributed by atoms with E-state index < -0.39 is 0 Å². The number of aryl methyl sites for hydroxylation is 12. The summed E-state index contributed by atoms with van der Waals surface area (Å²) in [7, 11) is 0. The third-order valence-electron chi connectivity index (χ3n) is 17.7. The molecule has 0 saturated heterocycles. The Labute approximate surface area is 509 Å². The maximum atomic E-state index is 5.71. The third-order valence-corrected chi connectivity index (χ3v) is 17.7. The summed E-state index contributed by atoms with van der Waals surface area (Å²) in [6.07, 6.45) is 16.1. The molecule has 87 heavy (non-hydrogen) atoms. The first-order valence-electron chi connectivity index (χ1n) is 30.2. The molecule has 6 nitrogen and oxygen atoms in total. The number of fused-ring (bicyclic) bond motifs is 11. The molecule has 7 heterocycles. The van der Waals surface area contributed by atoms with E-state index in [-0.39, 0.29) is 0 Å². The van der Waals surface area contributed by atoms with Crippen LogP contribution >= 0.6 is 0 Å². The SMILES string of the molecule is Cc1cc(C)c(-c2nc3c(ccc4ccc(C5=CC=CC5)nc43)cc2C#Cc2ccc(-c3c4nc(c(-c5c(C)cc(C)cc5C)c5ccc([nH]5)c(-c5c(C)cc(C)cc5C)c5nc(c(-c6c(C)cc(C)cc6C)c6ccc3[nH]6)C=C5)C=C4)cc2)c(C)c1. The van der Waals surface area contributed by atoms with Crippen molar-refractivity contribution in [3.8, 4) is 67.6 Å². The van der Waals surface area contributed by atoms with Crippen molar-refractivity contribution in [3.63, 3.8) is 0 Å². The fourth-order valence-corrected chi connectivity index (χ4v) is 14.4. The van der Waals surface area contributed by atoms with Crippen LogP contribution in [0.25, 0.3) is 130 Å². The van der Waals surface area contributed by atoms with Crippen molar-refractivity contribution in [2.45, 2.75) is 89.5 Å². The summed E-state index contributed by atoms with van der Waals surface area (Å²) in [6, 6.07) is 46.6. The molecule has 5 aromatic heterocycles. The predicted octanol–water partition coefficient (Wildman–Crippen LogP) is 20.5. The highest BCUT2D eigenvalue weighted by atomic mass is 14.8. The Balaban J connectivity index is 0.999. The summed E-state index contributed by atoms with van der Waals surface area (Å²) in [5.74, 6) is 7.26. The molecule has 422 valence electrons. The van der Waals surface area contributed by atoms with Gasteiger partial charge in [-0.15, -0.1) is 0 Å². The van der Waals surface area contributed by atoms with Crippen LogP contribution < -0.4 is 0 Å². The van der Waals surface area contributed by atoms with E-state index in [1.54, 1.807) is 0 Å². The van der Waals surface area contributed by atoms with E-state index >= 15 is 0 Å². The zero-order chi connectivity index (χ0) is 60.1. The molecule has 0 radical (unpaired) electrons. The number of hydrogen-bond donors (Lipinski definition) is 2. The minimum absolute atomic E-state index is 0.855. The lowest BCUT2D eigenvalue weighted by molar-refractivity contribution is 1.27. The van der Waals surface area contributed by atoms with Gasteiger partial charge in [-0.1, -0.05) is 131 Å². The van der Waals surface area contributed by atoms with Gasteiger partial charge >= 0.3 is 0 Å². The molecular formula is C81H68N6. The van der Waals surface area contributed by atoms with Crippen LogP contribution in [0.15, 0.2) is 146 Å². The number of benzene rings is 6. The first kappa shape index (κ1) is 54.7. The molecular weight excluding hydrogens is 1060 g/mol. The van der Waals surface area contributed by atoms with Crippen LogP contribution in [-0.2, 0) is 0 Å². The maximum Gasteiger partial charge on any atom is 0.0973 e. The fraction of sp³-hybridized carbons (Fsp3) is 0.160. The van der Waals surface area contributed by atoms with E-state index in [4.69, 9.17) is 19.9 Å². The minimum atomic E-state index is 0.855. The molecule has 14 rings (SSSR count). The monoisotopic (exact) mass is 1120 g/mol. The van der Waals surface area contributed by atoms with Gasteiger partial charge in [0.15, 0.2) is 0 Å². The summed E-state index contributed by atoms with van der Waals surface area (Å²) in [4.78, 5) is 30.2. The van der Waals surface area contributed by atoms with E-state index in [1.807, 2.05) is 0 Å². The lowest BCUT2D eigenvalue weighted by Gasteiger charge is -2.15. The van der Waals surface area contributed by atoms with Gasteiger partial charge in [0.05, 0.1) is 50.8 Å². The van der Waals surface area contributed by atoms with Crippen molar-refractivity contribution in [2.24, 2.45) is 0 Å². The summed E-state index contributed by atoms with van der Waals surface area (Å²) < 4.78 is 0. The second kappa shape index (κ2) is 21.4. The Kier molecular flexibility index (Phi) is 13.4. The van der Waals surface area contributed by atoms with Crippen LogP contribution in [0.2, 0.25) is 0 Å². The van der Waals surface area contributed by atoms with Crippen LogP contribution in [0.3, 0.4) is 0 Å². The van der Waals surface area contributed by atoms with Gasteiger partial charge in [-0.25, -0.2) is 19.9 Å². The topological polar surface area (TPSA) is 83.1 Å². The molecule has 2 N–H and O–H groups in total. The molecule has 2 aliphatic heterocycles. The average Bonchev–Trinajstić information content (AvgIpc) is 4.29. The van der Waals surface area contributed by atoms with Gasteiger partial charge in [0, 0.05) is 66.2 Å². The van der Waals surface area contributed by atoms with Crippen LogP contribution in [0, 0.1) is 94.9 Å². The normalized spacial score (nSPS) is 12.6. The third kappa shape index (κ3) is 9.74. The number of allylic oxidation sites excluding steroid dienone is 4. The van der Waals surface area contributed by atoms with E-state index in [0.29, 0.717) is 0 Å².